The van der Waals surface area contributed by atoms with E-state index < -0.39 is 72.7 Å². The predicted molar refractivity (Wildman–Crippen MR) is 325 cm³/mol. The van der Waals surface area contributed by atoms with E-state index in [4.69, 9.17) is 0 Å². The molecule has 16 rings (SSSR count). The highest BCUT2D eigenvalue weighted by Gasteiger charge is 2.86. The summed E-state index contributed by atoms with van der Waals surface area (Å²) in [7, 11) is 0. The van der Waals surface area contributed by atoms with E-state index in [9.17, 15) is 0 Å². The van der Waals surface area contributed by atoms with Gasteiger partial charge in [-0.25, -0.2) is 0 Å². The average molecular weight is 1350 g/mol. The van der Waals surface area contributed by atoms with Gasteiger partial charge in [0.05, 0.1) is 0 Å². The lowest BCUT2D eigenvalue weighted by molar-refractivity contribution is -0.258. The Kier molecular flexibility index (Phi) is 12.5. The van der Waals surface area contributed by atoms with E-state index in [-0.39, 0.29) is 22.3 Å². The standard InChI is InChI=1S/C30H14F6S6.C29H14F6S6/c31-28(32)23-15-13-19(17-5-1-9-37-17)41-25(15)27(21-7-3-11-39-21,22-8-4-12-40-22)26-16(24(23)29(33,34)30(28,35)36)14-20(42-26)18-6-2-10-38-18;30-27(31)23-15-13-19(17-5-1-9-36-17)40-25(15,21-7-3-11-38-21)26(22-8-4-12-39-22)16(24(23)28(32,33)29(27,34)35)14-20(41-26)18-6-2-10-37-18/h1-14H;1-14H. The Bertz CT molecular complexity index is 4040. The van der Waals surface area contributed by atoms with Gasteiger partial charge in [-0.2, -0.15) is 52.7 Å². The summed E-state index contributed by atoms with van der Waals surface area (Å²) in [6.07, 6.45) is 2.93. The zero-order valence-electron chi connectivity index (χ0n) is 41.1. The van der Waals surface area contributed by atoms with Crippen molar-refractivity contribution in [2.75, 3.05) is 0 Å². The molecule has 1 fully saturated rings. The first-order chi connectivity index (χ1) is 39.7. The van der Waals surface area contributed by atoms with Crippen molar-refractivity contribution in [1.82, 2.24) is 0 Å². The number of hydrogen-bond donors (Lipinski definition) is 0. The van der Waals surface area contributed by atoms with Gasteiger partial charge in [0.25, 0.3) is 0 Å². The maximum Gasteiger partial charge on any atom is 0.380 e. The number of rotatable bonds is 8. The molecule has 4 aliphatic carbocycles. The van der Waals surface area contributed by atoms with Gasteiger partial charge < -0.3 is 0 Å². The van der Waals surface area contributed by atoms with Crippen LogP contribution < -0.4 is 0 Å². The van der Waals surface area contributed by atoms with Crippen LogP contribution in [0.5, 0.6) is 0 Å². The Morgan fingerprint density at radius 3 is 0.916 bits per heavy atom. The van der Waals surface area contributed by atoms with Crippen molar-refractivity contribution in [3.8, 4) is 19.5 Å². The number of halogens is 12. The molecule has 2 unspecified atom stereocenters. The maximum absolute atomic E-state index is 16.0. The molecule has 83 heavy (non-hydrogen) atoms. The Morgan fingerprint density at radius 1 is 0.301 bits per heavy atom. The summed E-state index contributed by atoms with van der Waals surface area (Å²) in [5.41, 5.74) is -7.15. The molecule has 0 spiro atoms. The third-order valence-corrected chi connectivity index (χ3v) is 29.7. The Labute approximate surface area is 512 Å². The molecular formula is C59H28F12S12. The van der Waals surface area contributed by atoms with Crippen molar-refractivity contribution in [3.05, 3.63) is 237 Å². The van der Waals surface area contributed by atoms with Crippen LogP contribution in [0.4, 0.5) is 52.7 Å². The lowest BCUT2D eigenvalue weighted by atomic mass is 9.68. The molecule has 0 amide bonds. The molecule has 2 aliphatic heterocycles. The molecule has 1 saturated carbocycles. The summed E-state index contributed by atoms with van der Waals surface area (Å²) in [5.74, 6) is -31.6. The van der Waals surface area contributed by atoms with Crippen LogP contribution in [0.15, 0.2) is 187 Å². The lowest BCUT2D eigenvalue weighted by Gasteiger charge is -2.50. The lowest BCUT2D eigenvalue weighted by Crippen LogP contribution is -2.49. The van der Waals surface area contributed by atoms with Crippen molar-refractivity contribution < 1.29 is 52.7 Å². The zero-order valence-corrected chi connectivity index (χ0v) is 50.9. The second kappa shape index (κ2) is 18.8. The van der Waals surface area contributed by atoms with Crippen molar-refractivity contribution in [2.45, 2.75) is 50.4 Å². The van der Waals surface area contributed by atoms with Crippen LogP contribution in [0.25, 0.3) is 40.5 Å². The molecule has 12 heterocycles. The molecule has 10 aromatic rings. The predicted octanol–water partition coefficient (Wildman–Crippen LogP) is 23.0. The van der Waals surface area contributed by atoms with Gasteiger partial charge in [0.1, 0.15) is 14.9 Å². The van der Waals surface area contributed by atoms with Crippen molar-refractivity contribution in [2.24, 2.45) is 0 Å². The fraction of sp³-hybridized carbons (Fsp3) is 0.153. The molecule has 24 heteroatoms. The van der Waals surface area contributed by atoms with Gasteiger partial charge in [-0.1, -0.05) is 48.5 Å². The number of hydrogen-bond acceptors (Lipinski definition) is 12. The molecule has 0 nitrogen and oxygen atoms in total. The third kappa shape index (κ3) is 7.05. The summed E-state index contributed by atoms with van der Waals surface area (Å²) in [6.45, 7) is 0. The molecule has 0 radical (unpaired) electrons. The summed E-state index contributed by atoms with van der Waals surface area (Å²) < 4.78 is 186. The molecule has 420 valence electrons. The average Bonchev–Trinajstić information content (AvgIpc) is 1.55. The first-order valence-corrected chi connectivity index (χ1v) is 34.9. The number of alkyl halides is 12. The minimum Gasteiger partial charge on any atom is -0.194 e. The summed E-state index contributed by atoms with van der Waals surface area (Å²) in [5, 5.41) is 14.7. The molecule has 0 saturated heterocycles. The monoisotopic (exact) mass is 1350 g/mol. The van der Waals surface area contributed by atoms with Gasteiger partial charge in [0.15, 0.2) is 0 Å². The van der Waals surface area contributed by atoms with E-state index in [1.54, 1.807) is 47.2 Å². The van der Waals surface area contributed by atoms with Crippen LogP contribution in [0.1, 0.15) is 50.1 Å². The van der Waals surface area contributed by atoms with Crippen molar-refractivity contribution in [1.29, 1.82) is 0 Å². The van der Waals surface area contributed by atoms with E-state index in [1.807, 2.05) is 92.9 Å². The largest absolute Gasteiger partial charge is 0.380 e. The third-order valence-electron chi connectivity index (χ3n) is 15.5. The van der Waals surface area contributed by atoms with Gasteiger partial charge >= 0.3 is 35.5 Å². The Morgan fingerprint density at radius 2 is 0.602 bits per heavy atom. The van der Waals surface area contributed by atoms with Crippen LogP contribution in [0, 0.1) is 0 Å². The number of allylic oxidation sites excluding steroid dienone is 6. The highest BCUT2D eigenvalue weighted by Crippen LogP contribution is 2.82. The SMILES string of the molecule is FC1(F)C2=C(c3cc(-c4cccs4)sc3C(c3cccs3)(c3cccs3)c3sc(-c4cccs4)cc32)C(F)(F)C1(F)F.FC1(F)C2=C3C=C(c4cccs4)SC3(c3cccs3)C3(c4cccs4)SC(c4cccs4)=CC3=C2C(F)(F)C1(F)F. The maximum atomic E-state index is 16.0. The molecular weight excluding hydrogens is 1320 g/mol. The summed E-state index contributed by atoms with van der Waals surface area (Å²) >= 11 is 15.9. The fourth-order valence-corrected chi connectivity index (χ4v) is 26.2. The number of thioether (sulfide) groups is 2. The van der Waals surface area contributed by atoms with Gasteiger partial charge in [-0.3, -0.25) is 0 Å². The van der Waals surface area contributed by atoms with E-state index in [2.05, 4.69) is 0 Å². The topological polar surface area (TPSA) is 0 Å². The van der Waals surface area contributed by atoms with Gasteiger partial charge in [-0.05, 0) is 127 Å². The molecule has 6 aliphatic rings. The van der Waals surface area contributed by atoms with Crippen LogP contribution in [-0.4, -0.2) is 35.5 Å². The van der Waals surface area contributed by atoms with Crippen molar-refractivity contribution >= 4 is 158 Å². The zero-order chi connectivity index (χ0) is 57.5. The van der Waals surface area contributed by atoms with Crippen LogP contribution in [0.2, 0.25) is 0 Å². The quantitative estimate of drug-likeness (QED) is 0.139. The van der Waals surface area contributed by atoms with Crippen LogP contribution in [0.3, 0.4) is 0 Å². The van der Waals surface area contributed by atoms with E-state index in [1.165, 1.54) is 161 Å². The van der Waals surface area contributed by atoms with Crippen LogP contribution in [-0.2, 0) is 14.9 Å². The van der Waals surface area contributed by atoms with Gasteiger partial charge in [0.2, 0.25) is 0 Å². The first kappa shape index (κ1) is 55.2. The van der Waals surface area contributed by atoms with E-state index in [0.29, 0.717) is 39.1 Å². The molecule has 0 bridgehead atoms. The fourth-order valence-electron chi connectivity index (χ4n) is 12.0. The Balaban J connectivity index is 0.000000142. The van der Waals surface area contributed by atoms with E-state index in [0.717, 1.165) is 29.3 Å². The second-order valence-corrected chi connectivity index (χ2v) is 31.8. The molecule has 0 aromatic carbocycles. The molecule has 2 atom stereocenters. The minimum absolute atomic E-state index is 0.171. The van der Waals surface area contributed by atoms with Crippen molar-refractivity contribution in [3.63, 3.8) is 0 Å². The summed E-state index contributed by atoms with van der Waals surface area (Å²) in [6, 6.07) is 31.9. The summed E-state index contributed by atoms with van der Waals surface area (Å²) in [4.78, 5) is 8.75. The van der Waals surface area contributed by atoms with Gasteiger partial charge in [-0.15, -0.1) is 137 Å². The number of thiophene rings is 10. The molecule has 0 N–H and O–H groups in total. The second-order valence-electron chi connectivity index (χ2n) is 19.6. The smallest absolute Gasteiger partial charge is 0.194 e. The van der Waals surface area contributed by atoms with Gasteiger partial charge in [0, 0.05) is 102 Å². The first-order valence-electron chi connectivity index (χ1n) is 24.6. The Hall–Kier alpha value is -4.44. The minimum atomic E-state index is -5.61. The van der Waals surface area contributed by atoms with E-state index >= 15 is 52.7 Å². The number of fused-ring (bicyclic) bond motifs is 8. The van der Waals surface area contributed by atoms with Crippen LogP contribution >= 0.6 is 137 Å². The normalized spacial score (nSPS) is 24.1. The highest BCUT2D eigenvalue weighted by molar-refractivity contribution is 8.14. The molecule has 10 aromatic heterocycles. The highest BCUT2D eigenvalue weighted by atomic mass is 32.2.